The zero-order valence-electron chi connectivity index (χ0n) is 11.8. The van der Waals surface area contributed by atoms with Gasteiger partial charge in [0.1, 0.15) is 0 Å². The van der Waals surface area contributed by atoms with Crippen LogP contribution in [0.25, 0.3) is 0 Å². The fourth-order valence-corrected chi connectivity index (χ4v) is 1.89. The molecule has 0 bridgehead atoms. The topological polar surface area (TPSA) is 82.0 Å². The number of hydrogen-bond donors (Lipinski definition) is 2. The monoisotopic (exact) mass is 293 g/mol. The summed E-state index contributed by atoms with van der Waals surface area (Å²) in [6.07, 6.45) is 0.123. The molecule has 2 amide bonds. The van der Waals surface area contributed by atoms with Crippen LogP contribution in [0.2, 0.25) is 0 Å². The molecule has 22 heavy (non-hydrogen) atoms. The number of nitrogens with one attached hydrogen (secondary N) is 2. The Morgan fingerprint density at radius 3 is 2.18 bits per heavy atom. The van der Waals surface area contributed by atoms with Crippen LogP contribution in [0.15, 0.2) is 60.7 Å². The highest BCUT2D eigenvalue weighted by Gasteiger charge is 2.20. The summed E-state index contributed by atoms with van der Waals surface area (Å²) in [6.45, 7) is 0. The van der Waals surface area contributed by atoms with E-state index in [0.29, 0.717) is 5.69 Å². The number of rotatable bonds is 5. The van der Waals surface area contributed by atoms with Crippen molar-refractivity contribution < 1.29 is 9.59 Å². The van der Waals surface area contributed by atoms with Gasteiger partial charge in [0.15, 0.2) is 6.04 Å². The van der Waals surface area contributed by atoms with Crippen LogP contribution < -0.4 is 10.6 Å². The molecule has 0 aliphatic heterocycles. The van der Waals surface area contributed by atoms with Crippen LogP contribution in [0.3, 0.4) is 0 Å². The molecule has 2 aromatic rings. The number of amides is 2. The molecule has 0 aliphatic rings. The normalized spacial score (nSPS) is 11.0. The molecule has 2 rings (SSSR count). The van der Waals surface area contributed by atoms with Crippen molar-refractivity contribution >= 4 is 17.5 Å². The fourth-order valence-electron chi connectivity index (χ4n) is 1.89. The van der Waals surface area contributed by atoms with E-state index in [4.69, 9.17) is 5.26 Å². The number of nitriles is 1. The number of carbonyl (C=O) groups excluding carboxylic acids is 2. The highest BCUT2D eigenvalue weighted by atomic mass is 16.2. The van der Waals surface area contributed by atoms with Gasteiger partial charge in [0.2, 0.25) is 5.91 Å². The molecule has 0 saturated carbocycles. The zero-order chi connectivity index (χ0) is 15.8. The Labute approximate surface area is 128 Å². The Bertz CT molecular complexity index is 678. The van der Waals surface area contributed by atoms with Gasteiger partial charge < -0.3 is 10.6 Å². The highest BCUT2D eigenvalue weighted by Crippen LogP contribution is 2.05. The van der Waals surface area contributed by atoms with Gasteiger partial charge in [-0.25, -0.2) is 0 Å². The average Bonchev–Trinajstić information content (AvgIpc) is 2.54. The molecular formula is C17H15N3O2. The van der Waals surface area contributed by atoms with Gasteiger partial charge in [-0.1, -0.05) is 48.5 Å². The smallest absolute Gasteiger partial charge is 0.261 e. The van der Waals surface area contributed by atoms with Crippen LogP contribution in [0, 0.1) is 11.3 Å². The lowest BCUT2D eigenvalue weighted by atomic mass is 10.1. The van der Waals surface area contributed by atoms with Gasteiger partial charge in [0, 0.05) is 5.69 Å². The molecule has 2 N–H and O–H groups in total. The summed E-state index contributed by atoms with van der Waals surface area (Å²) >= 11 is 0. The Hall–Kier alpha value is -3.13. The van der Waals surface area contributed by atoms with E-state index < -0.39 is 11.9 Å². The lowest BCUT2D eigenvalue weighted by molar-refractivity contribution is -0.125. The summed E-state index contributed by atoms with van der Waals surface area (Å²) in [5.74, 6) is -0.934. The fraction of sp³-hybridized carbons (Fsp3) is 0.118. The summed E-state index contributed by atoms with van der Waals surface area (Å²) in [5, 5.41) is 14.1. The van der Waals surface area contributed by atoms with Crippen molar-refractivity contribution in [3.05, 3.63) is 66.2 Å². The standard InChI is InChI=1S/C17H15N3O2/c18-12-15(17(22)19-14-9-5-2-6-10-14)20-16(21)11-13-7-3-1-4-8-13/h1-10,15H,11H2,(H,19,22)(H,20,21). The number of carbonyl (C=O) groups is 2. The first-order valence-electron chi connectivity index (χ1n) is 6.78. The maximum Gasteiger partial charge on any atom is 0.261 e. The van der Waals surface area contributed by atoms with Crippen LogP contribution in [0.4, 0.5) is 5.69 Å². The molecule has 0 radical (unpaired) electrons. The Morgan fingerprint density at radius 1 is 1.00 bits per heavy atom. The molecule has 0 heterocycles. The molecule has 1 atom stereocenters. The predicted molar refractivity (Wildman–Crippen MR) is 82.8 cm³/mol. The van der Waals surface area contributed by atoms with Crippen molar-refractivity contribution in [2.75, 3.05) is 5.32 Å². The van der Waals surface area contributed by atoms with E-state index in [1.807, 2.05) is 36.4 Å². The summed E-state index contributed by atoms with van der Waals surface area (Å²) in [7, 11) is 0. The molecule has 0 aliphatic carbocycles. The molecule has 110 valence electrons. The van der Waals surface area contributed by atoms with E-state index in [-0.39, 0.29) is 12.3 Å². The first-order chi connectivity index (χ1) is 10.7. The minimum atomic E-state index is -1.23. The van der Waals surface area contributed by atoms with Crippen LogP contribution in [0.1, 0.15) is 5.56 Å². The van der Waals surface area contributed by atoms with E-state index in [1.165, 1.54) is 0 Å². The lowest BCUT2D eigenvalue weighted by Crippen LogP contribution is -2.43. The number of para-hydroxylation sites is 1. The minimum Gasteiger partial charge on any atom is -0.332 e. The molecule has 0 saturated heterocycles. The molecule has 5 heteroatoms. The first kappa shape index (κ1) is 15.3. The Morgan fingerprint density at radius 2 is 1.59 bits per heavy atom. The van der Waals surface area contributed by atoms with Gasteiger partial charge in [0.25, 0.3) is 5.91 Å². The van der Waals surface area contributed by atoms with E-state index >= 15 is 0 Å². The lowest BCUT2D eigenvalue weighted by Gasteiger charge is -2.12. The molecule has 1 unspecified atom stereocenters. The van der Waals surface area contributed by atoms with Crippen molar-refractivity contribution in [2.24, 2.45) is 0 Å². The highest BCUT2D eigenvalue weighted by molar-refractivity contribution is 5.99. The van der Waals surface area contributed by atoms with Gasteiger partial charge >= 0.3 is 0 Å². The number of nitrogens with zero attached hydrogens (tertiary/aromatic N) is 1. The molecule has 0 fully saturated rings. The van der Waals surface area contributed by atoms with Crippen molar-refractivity contribution in [1.82, 2.24) is 5.32 Å². The van der Waals surface area contributed by atoms with Crippen molar-refractivity contribution in [1.29, 1.82) is 5.26 Å². The van der Waals surface area contributed by atoms with E-state index in [1.54, 1.807) is 30.3 Å². The van der Waals surface area contributed by atoms with E-state index in [9.17, 15) is 9.59 Å². The maximum absolute atomic E-state index is 12.0. The third kappa shape index (κ3) is 4.46. The predicted octanol–water partition coefficient (Wildman–Crippen LogP) is 1.88. The summed E-state index contributed by atoms with van der Waals surface area (Å²) in [6, 6.07) is 18.5. The molecular weight excluding hydrogens is 278 g/mol. The first-order valence-corrected chi connectivity index (χ1v) is 6.78. The van der Waals surface area contributed by atoms with Crippen molar-refractivity contribution in [2.45, 2.75) is 12.5 Å². The SMILES string of the molecule is N#CC(NC(=O)Cc1ccccc1)C(=O)Nc1ccccc1. The summed E-state index contributed by atoms with van der Waals surface area (Å²) in [5.41, 5.74) is 1.39. The molecule has 0 spiro atoms. The van der Waals surface area contributed by atoms with Crippen LogP contribution in [0.5, 0.6) is 0 Å². The van der Waals surface area contributed by atoms with Crippen molar-refractivity contribution in [3.8, 4) is 6.07 Å². The largest absolute Gasteiger partial charge is 0.332 e. The van der Waals surface area contributed by atoms with E-state index in [2.05, 4.69) is 10.6 Å². The van der Waals surface area contributed by atoms with Gasteiger partial charge in [-0.2, -0.15) is 5.26 Å². The quantitative estimate of drug-likeness (QED) is 0.883. The van der Waals surface area contributed by atoms with Crippen LogP contribution in [-0.2, 0) is 16.0 Å². The Kier molecular flexibility index (Phi) is 5.27. The second-order valence-electron chi connectivity index (χ2n) is 4.65. The zero-order valence-corrected chi connectivity index (χ0v) is 11.8. The van der Waals surface area contributed by atoms with Crippen LogP contribution >= 0.6 is 0 Å². The molecule has 5 nitrogen and oxygen atoms in total. The average molecular weight is 293 g/mol. The summed E-state index contributed by atoms with van der Waals surface area (Å²) < 4.78 is 0. The van der Waals surface area contributed by atoms with Crippen LogP contribution in [-0.4, -0.2) is 17.9 Å². The Balaban J connectivity index is 1.93. The number of benzene rings is 2. The number of anilines is 1. The maximum atomic E-state index is 12.0. The van der Waals surface area contributed by atoms with Gasteiger partial charge in [-0.05, 0) is 17.7 Å². The molecule has 0 aromatic heterocycles. The summed E-state index contributed by atoms with van der Waals surface area (Å²) in [4.78, 5) is 23.9. The van der Waals surface area contributed by atoms with E-state index in [0.717, 1.165) is 5.56 Å². The van der Waals surface area contributed by atoms with Gasteiger partial charge in [-0.3, -0.25) is 9.59 Å². The second kappa shape index (κ2) is 7.60. The van der Waals surface area contributed by atoms with Gasteiger partial charge in [-0.15, -0.1) is 0 Å². The van der Waals surface area contributed by atoms with Gasteiger partial charge in [0.05, 0.1) is 12.5 Å². The number of hydrogen-bond acceptors (Lipinski definition) is 3. The second-order valence-corrected chi connectivity index (χ2v) is 4.65. The molecule has 2 aromatic carbocycles. The third-order valence-corrected chi connectivity index (χ3v) is 2.95. The minimum absolute atomic E-state index is 0.123. The van der Waals surface area contributed by atoms with Crippen molar-refractivity contribution in [3.63, 3.8) is 0 Å². The third-order valence-electron chi connectivity index (χ3n) is 2.95.